The van der Waals surface area contributed by atoms with E-state index in [1.54, 1.807) is 11.3 Å². The number of nitrogens with one attached hydrogen (secondary N) is 3. The standard InChI is InChI=1S/C16H21N3O3S2/c20-14(18-9-19-16(21)22)13-8-11-7-12(23-15(11)24-13)2-1-10-3-5-17-6-4-10/h7-8,10,17,19H,1-6,9H2,(H,18,20)(H,21,22). The van der Waals surface area contributed by atoms with E-state index in [9.17, 15) is 9.59 Å². The normalized spacial score (nSPS) is 15.5. The Balaban J connectivity index is 1.54. The highest BCUT2D eigenvalue weighted by Gasteiger charge is 2.15. The minimum Gasteiger partial charge on any atom is -0.465 e. The first kappa shape index (κ1) is 17.2. The van der Waals surface area contributed by atoms with Crippen LogP contribution < -0.4 is 16.0 Å². The van der Waals surface area contributed by atoms with Crippen LogP contribution in [0.4, 0.5) is 4.79 Å². The molecular weight excluding hydrogens is 346 g/mol. The number of fused-ring (bicyclic) bond motifs is 1. The first-order chi connectivity index (χ1) is 11.6. The molecule has 0 aliphatic carbocycles. The molecule has 0 spiro atoms. The number of carbonyl (C=O) groups is 2. The van der Waals surface area contributed by atoms with Crippen molar-refractivity contribution in [3.05, 3.63) is 21.9 Å². The fourth-order valence-electron chi connectivity index (χ4n) is 2.93. The van der Waals surface area contributed by atoms with E-state index in [1.165, 1.54) is 35.5 Å². The average molecular weight is 367 g/mol. The number of carboxylic acid groups (broad SMARTS) is 1. The van der Waals surface area contributed by atoms with E-state index in [4.69, 9.17) is 5.11 Å². The summed E-state index contributed by atoms with van der Waals surface area (Å²) in [6, 6.07) is 4.07. The second kappa shape index (κ2) is 7.96. The zero-order valence-corrected chi connectivity index (χ0v) is 14.9. The van der Waals surface area contributed by atoms with Gasteiger partial charge in [0.2, 0.25) is 0 Å². The molecule has 1 saturated heterocycles. The Morgan fingerprint density at radius 1 is 1.21 bits per heavy atom. The van der Waals surface area contributed by atoms with Crippen molar-refractivity contribution in [1.29, 1.82) is 0 Å². The number of piperidine rings is 1. The van der Waals surface area contributed by atoms with Gasteiger partial charge in [0, 0.05) is 10.3 Å². The summed E-state index contributed by atoms with van der Waals surface area (Å²) >= 11 is 3.23. The summed E-state index contributed by atoms with van der Waals surface area (Å²) in [4.78, 5) is 24.3. The molecule has 130 valence electrons. The third-order valence-electron chi connectivity index (χ3n) is 4.24. The molecule has 2 aromatic heterocycles. The van der Waals surface area contributed by atoms with Crippen molar-refractivity contribution in [3.8, 4) is 0 Å². The third-order valence-corrected chi connectivity index (χ3v) is 6.68. The van der Waals surface area contributed by atoms with Crippen LogP contribution in [0.2, 0.25) is 0 Å². The van der Waals surface area contributed by atoms with Crippen LogP contribution in [0, 0.1) is 5.92 Å². The number of hydrogen-bond donors (Lipinski definition) is 4. The number of hydrogen-bond acceptors (Lipinski definition) is 5. The summed E-state index contributed by atoms with van der Waals surface area (Å²) in [5.41, 5.74) is 0. The average Bonchev–Trinajstić information content (AvgIpc) is 3.12. The van der Waals surface area contributed by atoms with Crippen molar-refractivity contribution in [2.75, 3.05) is 19.8 Å². The van der Waals surface area contributed by atoms with Crippen LogP contribution in [0.3, 0.4) is 0 Å². The maximum atomic E-state index is 12.0. The van der Waals surface area contributed by atoms with Crippen molar-refractivity contribution in [2.45, 2.75) is 25.7 Å². The second-order valence-corrected chi connectivity index (χ2v) is 8.41. The third kappa shape index (κ3) is 4.46. The largest absolute Gasteiger partial charge is 0.465 e. The first-order valence-electron chi connectivity index (χ1n) is 8.10. The highest BCUT2D eigenvalue weighted by molar-refractivity contribution is 7.39. The fourth-order valence-corrected chi connectivity index (χ4v) is 5.35. The van der Waals surface area contributed by atoms with Gasteiger partial charge >= 0.3 is 6.09 Å². The molecule has 0 radical (unpaired) electrons. The van der Waals surface area contributed by atoms with Crippen molar-refractivity contribution in [3.63, 3.8) is 0 Å². The van der Waals surface area contributed by atoms with Gasteiger partial charge in [-0.25, -0.2) is 4.79 Å². The summed E-state index contributed by atoms with van der Waals surface area (Å²) in [5, 5.41) is 17.7. The zero-order valence-electron chi connectivity index (χ0n) is 13.3. The molecule has 1 aliphatic heterocycles. The van der Waals surface area contributed by atoms with E-state index in [0.29, 0.717) is 4.88 Å². The highest BCUT2D eigenvalue weighted by atomic mass is 32.2. The smallest absolute Gasteiger partial charge is 0.406 e. The van der Waals surface area contributed by atoms with E-state index in [0.717, 1.165) is 34.8 Å². The number of carbonyl (C=O) groups excluding carboxylic acids is 1. The molecule has 1 aliphatic rings. The second-order valence-electron chi connectivity index (χ2n) is 5.96. The van der Waals surface area contributed by atoms with Gasteiger partial charge < -0.3 is 21.1 Å². The van der Waals surface area contributed by atoms with Crippen molar-refractivity contribution in [2.24, 2.45) is 5.92 Å². The molecule has 6 nitrogen and oxygen atoms in total. The van der Waals surface area contributed by atoms with Crippen LogP contribution in [0.25, 0.3) is 9.40 Å². The molecule has 1 fully saturated rings. The maximum Gasteiger partial charge on any atom is 0.406 e. The quantitative estimate of drug-likeness (QED) is 0.591. The monoisotopic (exact) mass is 367 g/mol. The Bertz CT molecular complexity index is 688. The van der Waals surface area contributed by atoms with Gasteiger partial charge in [-0.05, 0) is 56.8 Å². The first-order valence-corrected chi connectivity index (χ1v) is 9.73. The SMILES string of the molecule is O=C(O)NCNC(=O)c1cc2cc(CCC3CCNCC3)sc2s1. The Morgan fingerprint density at radius 2 is 2.00 bits per heavy atom. The van der Waals surface area contributed by atoms with E-state index >= 15 is 0 Å². The maximum absolute atomic E-state index is 12.0. The van der Waals surface area contributed by atoms with E-state index in [1.807, 2.05) is 6.07 Å². The van der Waals surface area contributed by atoms with Gasteiger partial charge in [0.05, 0.1) is 15.6 Å². The zero-order chi connectivity index (χ0) is 16.9. The van der Waals surface area contributed by atoms with Gasteiger partial charge in [0.1, 0.15) is 0 Å². The minimum atomic E-state index is -1.15. The van der Waals surface area contributed by atoms with Gasteiger partial charge in [-0.1, -0.05) is 0 Å². The van der Waals surface area contributed by atoms with Gasteiger partial charge in [0.15, 0.2) is 0 Å². The topological polar surface area (TPSA) is 90.5 Å². The highest BCUT2D eigenvalue weighted by Crippen LogP contribution is 2.34. The molecule has 0 atom stereocenters. The Kier molecular flexibility index (Phi) is 5.70. The molecule has 2 aromatic rings. The lowest BCUT2D eigenvalue weighted by Gasteiger charge is -2.22. The predicted molar refractivity (Wildman–Crippen MR) is 97.1 cm³/mol. The van der Waals surface area contributed by atoms with Crippen LogP contribution in [-0.4, -0.2) is 36.9 Å². The van der Waals surface area contributed by atoms with Crippen molar-refractivity contribution < 1.29 is 14.7 Å². The van der Waals surface area contributed by atoms with Crippen LogP contribution in [-0.2, 0) is 6.42 Å². The number of thiophene rings is 2. The molecule has 3 rings (SSSR count). The van der Waals surface area contributed by atoms with Crippen LogP contribution >= 0.6 is 22.7 Å². The Labute approximate surface area is 148 Å². The molecule has 0 bridgehead atoms. The van der Waals surface area contributed by atoms with Crippen molar-refractivity contribution >= 4 is 44.1 Å². The molecule has 24 heavy (non-hydrogen) atoms. The van der Waals surface area contributed by atoms with Crippen LogP contribution in [0.5, 0.6) is 0 Å². The minimum absolute atomic E-state index is 0.0821. The number of aryl methyl sites for hydroxylation is 1. The molecule has 2 amide bonds. The van der Waals surface area contributed by atoms with E-state index in [2.05, 4.69) is 22.0 Å². The van der Waals surface area contributed by atoms with Gasteiger partial charge in [0.25, 0.3) is 5.91 Å². The summed E-state index contributed by atoms with van der Waals surface area (Å²) in [7, 11) is 0. The number of amides is 2. The molecule has 4 N–H and O–H groups in total. The Morgan fingerprint density at radius 3 is 2.71 bits per heavy atom. The molecule has 0 aromatic carbocycles. The van der Waals surface area contributed by atoms with Gasteiger partial charge in [-0.2, -0.15) is 0 Å². The Hall–Kier alpha value is -1.64. The summed E-state index contributed by atoms with van der Waals surface area (Å²) in [5.74, 6) is 0.586. The lowest BCUT2D eigenvalue weighted by atomic mass is 9.93. The van der Waals surface area contributed by atoms with Gasteiger partial charge in [-0.3, -0.25) is 4.79 Å². The predicted octanol–water partition coefficient (Wildman–Crippen LogP) is 2.85. The van der Waals surface area contributed by atoms with E-state index in [-0.39, 0.29) is 12.6 Å². The van der Waals surface area contributed by atoms with E-state index < -0.39 is 6.09 Å². The molecule has 8 heteroatoms. The van der Waals surface area contributed by atoms with Crippen molar-refractivity contribution in [1.82, 2.24) is 16.0 Å². The van der Waals surface area contributed by atoms with Crippen LogP contribution in [0.1, 0.15) is 33.8 Å². The summed E-state index contributed by atoms with van der Waals surface area (Å²) in [6.07, 6.45) is 3.74. The molecule has 0 saturated carbocycles. The number of rotatable bonds is 6. The van der Waals surface area contributed by atoms with Gasteiger partial charge in [-0.15, -0.1) is 22.7 Å². The summed E-state index contributed by atoms with van der Waals surface area (Å²) < 4.78 is 1.16. The molecule has 3 heterocycles. The lowest BCUT2D eigenvalue weighted by molar-refractivity contribution is 0.0955. The molecular formula is C16H21N3O3S2. The van der Waals surface area contributed by atoms with Crippen LogP contribution in [0.15, 0.2) is 12.1 Å². The summed E-state index contributed by atoms with van der Waals surface area (Å²) in [6.45, 7) is 2.19. The molecule has 0 unspecified atom stereocenters. The fraction of sp³-hybridized carbons (Fsp3) is 0.500. The lowest BCUT2D eigenvalue weighted by Crippen LogP contribution is -2.36.